The number of hydrogen-bond acceptors (Lipinski definition) is 4. The number of rotatable bonds is 4. The number of aromatic nitrogens is 3. The van der Waals surface area contributed by atoms with Gasteiger partial charge in [-0.3, -0.25) is 14.6 Å². The average molecular weight is 399 g/mol. The van der Waals surface area contributed by atoms with Crippen molar-refractivity contribution in [3.63, 3.8) is 0 Å². The van der Waals surface area contributed by atoms with Gasteiger partial charge in [-0.25, -0.2) is 4.98 Å². The second-order valence-electron chi connectivity index (χ2n) is 7.25. The summed E-state index contributed by atoms with van der Waals surface area (Å²) in [6.07, 6.45) is 4.94. The summed E-state index contributed by atoms with van der Waals surface area (Å²) in [7, 11) is 1.90. The number of aryl methyl sites for hydroxylation is 3. The molecular weight excluding hydrogens is 378 g/mol. The number of nitrogens with one attached hydrogen (secondary N) is 2. The Morgan fingerprint density at radius 1 is 0.900 bits per heavy atom. The zero-order chi connectivity index (χ0) is 21.3. The maximum atomic E-state index is 12.8. The maximum Gasteiger partial charge on any atom is 0.257 e. The number of pyridine rings is 1. The molecule has 150 valence electrons. The Bertz CT molecular complexity index is 1280. The first kappa shape index (κ1) is 19.3. The van der Waals surface area contributed by atoms with Gasteiger partial charge in [0.25, 0.3) is 11.8 Å². The molecule has 0 unspecified atom stereocenters. The van der Waals surface area contributed by atoms with Crippen LogP contribution in [0.15, 0.2) is 61.2 Å². The van der Waals surface area contributed by atoms with E-state index in [2.05, 4.69) is 20.6 Å². The number of amides is 2. The lowest BCUT2D eigenvalue weighted by Crippen LogP contribution is -2.16. The lowest BCUT2D eigenvalue weighted by Gasteiger charge is -2.11. The first-order chi connectivity index (χ1) is 14.4. The van der Waals surface area contributed by atoms with Gasteiger partial charge in [-0.05, 0) is 61.4 Å². The van der Waals surface area contributed by atoms with Crippen LogP contribution in [0, 0.1) is 13.8 Å². The van der Waals surface area contributed by atoms with Gasteiger partial charge in [-0.2, -0.15) is 0 Å². The van der Waals surface area contributed by atoms with Gasteiger partial charge in [0.15, 0.2) is 0 Å². The van der Waals surface area contributed by atoms with Crippen molar-refractivity contribution in [3.05, 3.63) is 83.4 Å². The van der Waals surface area contributed by atoms with Crippen LogP contribution in [0.1, 0.15) is 31.8 Å². The predicted octanol–water partition coefficient (Wildman–Crippen LogP) is 4.09. The minimum atomic E-state index is -0.270. The van der Waals surface area contributed by atoms with E-state index in [1.54, 1.807) is 30.7 Å². The van der Waals surface area contributed by atoms with Crippen LogP contribution in [0.2, 0.25) is 0 Å². The molecule has 2 amide bonds. The van der Waals surface area contributed by atoms with E-state index in [1.165, 1.54) is 6.20 Å². The summed E-state index contributed by atoms with van der Waals surface area (Å²) in [6.45, 7) is 3.75. The number of imidazole rings is 1. The van der Waals surface area contributed by atoms with E-state index < -0.39 is 0 Å². The fourth-order valence-corrected chi connectivity index (χ4v) is 3.18. The second kappa shape index (κ2) is 7.79. The summed E-state index contributed by atoms with van der Waals surface area (Å²) in [5, 5.41) is 5.77. The normalized spacial score (nSPS) is 10.8. The quantitative estimate of drug-likeness (QED) is 0.541. The van der Waals surface area contributed by atoms with Gasteiger partial charge in [0, 0.05) is 36.4 Å². The van der Waals surface area contributed by atoms with E-state index in [0.29, 0.717) is 22.5 Å². The molecule has 7 heteroatoms. The van der Waals surface area contributed by atoms with Crippen molar-refractivity contribution in [1.82, 2.24) is 14.5 Å². The third kappa shape index (κ3) is 3.91. The number of fused-ring (bicyclic) bond motifs is 1. The van der Waals surface area contributed by atoms with Crippen LogP contribution in [-0.2, 0) is 7.05 Å². The van der Waals surface area contributed by atoms with Gasteiger partial charge in [-0.1, -0.05) is 6.07 Å². The van der Waals surface area contributed by atoms with Gasteiger partial charge in [0.1, 0.15) is 0 Å². The largest absolute Gasteiger partial charge is 0.334 e. The van der Waals surface area contributed by atoms with Crippen LogP contribution < -0.4 is 10.6 Å². The van der Waals surface area contributed by atoms with E-state index in [0.717, 1.165) is 22.2 Å². The highest BCUT2D eigenvalue weighted by atomic mass is 16.2. The molecule has 0 spiro atoms. The first-order valence-corrected chi connectivity index (χ1v) is 9.47. The van der Waals surface area contributed by atoms with E-state index in [-0.39, 0.29) is 11.8 Å². The number of carbonyl (C=O) groups excluding carboxylic acids is 2. The molecule has 0 radical (unpaired) electrons. The highest BCUT2D eigenvalue weighted by Gasteiger charge is 2.13. The molecule has 2 aromatic carbocycles. The molecule has 7 nitrogen and oxygen atoms in total. The van der Waals surface area contributed by atoms with E-state index in [4.69, 9.17) is 0 Å². The molecule has 2 aromatic heterocycles. The lowest BCUT2D eigenvalue weighted by atomic mass is 10.1. The van der Waals surface area contributed by atoms with Crippen molar-refractivity contribution in [2.24, 2.45) is 7.05 Å². The molecule has 0 aliphatic heterocycles. The number of nitrogens with zero attached hydrogens (tertiary/aromatic N) is 3. The van der Waals surface area contributed by atoms with Gasteiger partial charge in [0.05, 0.1) is 22.9 Å². The van der Waals surface area contributed by atoms with Crippen LogP contribution in [0.4, 0.5) is 11.4 Å². The SMILES string of the molecule is Cc1cncc(C(=O)Nc2cc(C(=O)Nc3ccc4ncn(C)c4c3)ccc2C)c1. The number of benzene rings is 2. The molecule has 0 fully saturated rings. The molecule has 30 heavy (non-hydrogen) atoms. The van der Waals surface area contributed by atoms with Crippen molar-refractivity contribution in [1.29, 1.82) is 0 Å². The molecule has 2 N–H and O–H groups in total. The van der Waals surface area contributed by atoms with E-state index in [9.17, 15) is 9.59 Å². The van der Waals surface area contributed by atoms with Crippen molar-refractivity contribution >= 4 is 34.2 Å². The van der Waals surface area contributed by atoms with Gasteiger partial charge in [-0.15, -0.1) is 0 Å². The van der Waals surface area contributed by atoms with Crippen molar-refractivity contribution in [2.75, 3.05) is 10.6 Å². The molecule has 0 aliphatic rings. The third-order valence-corrected chi connectivity index (χ3v) is 4.87. The standard InChI is InChI=1S/C23H21N5O2/c1-14-8-17(12-24-11-14)23(30)27-20-9-16(5-4-15(20)2)22(29)26-18-6-7-19-21(10-18)28(3)13-25-19/h4-13H,1-3H3,(H,26,29)(H,27,30). The molecular formula is C23H21N5O2. The summed E-state index contributed by atoms with van der Waals surface area (Å²) >= 11 is 0. The molecule has 0 atom stereocenters. The van der Waals surface area contributed by atoms with Crippen LogP contribution in [0.3, 0.4) is 0 Å². The molecule has 0 bridgehead atoms. The highest BCUT2D eigenvalue weighted by molar-refractivity contribution is 6.08. The highest BCUT2D eigenvalue weighted by Crippen LogP contribution is 2.21. The minimum Gasteiger partial charge on any atom is -0.334 e. The van der Waals surface area contributed by atoms with Crippen LogP contribution in [-0.4, -0.2) is 26.3 Å². The first-order valence-electron chi connectivity index (χ1n) is 9.47. The molecule has 0 aliphatic carbocycles. The Kier molecular flexibility index (Phi) is 5.02. The summed E-state index contributed by atoms with van der Waals surface area (Å²) in [6, 6.07) is 12.5. The Morgan fingerprint density at radius 3 is 2.50 bits per heavy atom. The zero-order valence-electron chi connectivity index (χ0n) is 16.9. The molecule has 4 aromatic rings. The van der Waals surface area contributed by atoms with Crippen LogP contribution in [0.25, 0.3) is 11.0 Å². The number of anilines is 2. The summed E-state index contributed by atoms with van der Waals surface area (Å²) in [5.74, 6) is -0.530. The fraction of sp³-hybridized carbons (Fsp3) is 0.130. The Balaban J connectivity index is 1.54. The van der Waals surface area contributed by atoms with Crippen molar-refractivity contribution in [2.45, 2.75) is 13.8 Å². The van der Waals surface area contributed by atoms with E-state index >= 15 is 0 Å². The summed E-state index contributed by atoms with van der Waals surface area (Å²) in [4.78, 5) is 33.7. The lowest BCUT2D eigenvalue weighted by molar-refractivity contribution is 0.101. The van der Waals surface area contributed by atoms with Crippen molar-refractivity contribution < 1.29 is 9.59 Å². The maximum absolute atomic E-state index is 12.8. The van der Waals surface area contributed by atoms with Gasteiger partial charge >= 0.3 is 0 Å². The van der Waals surface area contributed by atoms with Crippen LogP contribution >= 0.6 is 0 Å². The van der Waals surface area contributed by atoms with Crippen molar-refractivity contribution in [3.8, 4) is 0 Å². The number of carbonyl (C=O) groups is 2. The summed E-state index contributed by atoms with van der Waals surface area (Å²) in [5.41, 5.74) is 5.72. The smallest absolute Gasteiger partial charge is 0.257 e. The summed E-state index contributed by atoms with van der Waals surface area (Å²) < 4.78 is 1.89. The topological polar surface area (TPSA) is 88.9 Å². The Hall–Kier alpha value is -4.00. The van der Waals surface area contributed by atoms with E-state index in [1.807, 2.05) is 49.7 Å². The van der Waals surface area contributed by atoms with Gasteiger partial charge < -0.3 is 15.2 Å². The molecule has 0 saturated heterocycles. The average Bonchev–Trinajstić information content (AvgIpc) is 3.10. The monoisotopic (exact) mass is 399 g/mol. The second-order valence-corrected chi connectivity index (χ2v) is 7.25. The Morgan fingerprint density at radius 2 is 1.70 bits per heavy atom. The Labute approximate surface area is 173 Å². The predicted molar refractivity (Wildman–Crippen MR) is 117 cm³/mol. The molecule has 2 heterocycles. The zero-order valence-corrected chi connectivity index (χ0v) is 16.9. The molecule has 4 rings (SSSR count). The minimum absolute atomic E-state index is 0.260. The van der Waals surface area contributed by atoms with Crippen LogP contribution in [0.5, 0.6) is 0 Å². The molecule has 0 saturated carbocycles. The van der Waals surface area contributed by atoms with Gasteiger partial charge in [0.2, 0.25) is 0 Å². The fourth-order valence-electron chi connectivity index (χ4n) is 3.18. The third-order valence-electron chi connectivity index (χ3n) is 4.87. The number of hydrogen-bond donors (Lipinski definition) is 2.